The number of aryl methyl sites for hydroxylation is 1. The van der Waals surface area contributed by atoms with Crippen molar-refractivity contribution in [3.63, 3.8) is 0 Å². The summed E-state index contributed by atoms with van der Waals surface area (Å²) in [7, 11) is 0. The first kappa shape index (κ1) is 15.4. The number of rotatable bonds is 7. The van der Waals surface area contributed by atoms with Gasteiger partial charge in [0.05, 0.1) is 5.92 Å². The van der Waals surface area contributed by atoms with Gasteiger partial charge >= 0.3 is 0 Å². The van der Waals surface area contributed by atoms with Crippen LogP contribution in [0.15, 0.2) is 0 Å². The van der Waals surface area contributed by atoms with Crippen LogP contribution in [0.2, 0.25) is 0 Å². The Hall–Kier alpha value is -1.99. The number of carbonyl (C=O) groups is 2. The van der Waals surface area contributed by atoms with Crippen LogP contribution in [0.3, 0.4) is 0 Å². The van der Waals surface area contributed by atoms with Gasteiger partial charge in [0.2, 0.25) is 11.8 Å². The molecule has 1 aromatic heterocycles. The van der Waals surface area contributed by atoms with Crippen molar-refractivity contribution in [3.05, 3.63) is 5.82 Å². The summed E-state index contributed by atoms with van der Waals surface area (Å²) in [5, 5.41) is 16.5. The van der Waals surface area contributed by atoms with Gasteiger partial charge in [-0.1, -0.05) is 12.1 Å². The Bertz CT molecular complexity index is 461. The number of amides is 2. The molecule has 1 saturated heterocycles. The number of aromatic amines is 1. The van der Waals surface area contributed by atoms with Gasteiger partial charge in [-0.05, 0) is 19.3 Å². The molecule has 2 rings (SSSR count). The highest BCUT2D eigenvalue weighted by Crippen LogP contribution is 2.18. The number of piperidine rings is 1. The number of nitrogens with one attached hydrogen (secondary N) is 2. The Morgan fingerprint density at radius 2 is 2.38 bits per heavy atom. The number of likely N-dealkylation sites (tertiary alicyclic amines) is 1. The van der Waals surface area contributed by atoms with Gasteiger partial charge in [-0.25, -0.2) is 0 Å². The lowest BCUT2D eigenvalue weighted by Crippen LogP contribution is -2.46. The average molecular weight is 294 g/mol. The van der Waals surface area contributed by atoms with Gasteiger partial charge in [0, 0.05) is 32.5 Å². The fourth-order valence-corrected chi connectivity index (χ4v) is 2.51. The maximum atomic E-state index is 12.1. The standard InChI is InChI=1S/C13H22N6O2/c1-2-8-19-9-10(5-6-12(19)20)13(21)14-7-3-4-11-15-17-18-16-11/h10H,2-9H2,1H3,(H,14,21)(H,15,16,17,18). The van der Waals surface area contributed by atoms with Gasteiger partial charge in [0.15, 0.2) is 5.82 Å². The van der Waals surface area contributed by atoms with E-state index in [9.17, 15) is 9.59 Å². The summed E-state index contributed by atoms with van der Waals surface area (Å²) in [6, 6.07) is 0. The van der Waals surface area contributed by atoms with Gasteiger partial charge in [-0.3, -0.25) is 9.59 Å². The van der Waals surface area contributed by atoms with Gasteiger partial charge in [0.1, 0.15) is 0 Å². The predicted molar refractivity (Wildman–Crippen MR) is 75.1 cm³/mol. The van der Waals surface area contributed by atoms with E-state index in [0.717, 1.165) is 19.4 Å². The second-order valence-corrected chi connectivity index (χ2v) is 5.30. The summed E-state index contributed by atoms with van der Waals surface area (Å²) in [6.07, 6.45) is 3.50. The second-order valence-electron chi connectivity index (χ2n) is 5.30. The van der Waals surface area contributed by atoms with E-state index >= 15 is 0 Å². The van der Waals surface area contributed by atoms with E-state index in [1.807, 2.05) is 6.92 Å². The Kier molecular flexibility index (Phi) is 5.65. The Balaban J connectivity index is 1.69. The SMILES string of the molecule is CCCN1CC(C(=O)NCCCc2nn[nH]n2)CCC1=O. The van der Waals surface area contributed by atoms with Crippen LogP contribution in [-0.2, 0) is 16.0 Å². The summed E-state index contributed by atoms with van der Waals surface area (Å²) < 4.78 is 0. The minimum Gasteiger partial charge on any atom is -0.356 e. The van der Waals surface area contributed by atoms with Crippen molar-refractivity contribution in [1.29, 1.82) is 0 Å². The molecule has 1 aromatic rings. The van der Waals surface area contributed by atoms with Crippen molar-refractivity contribution in [2.24, 2.45) is 5.92 Å². The molecule has 0 aromatic carbocycles. The molecule has 21 heavy (non-hydrogen) atoms. The van der Waals surface area contributed by atoms with E-state index in [-0.39, 0.29) is 17.7 Å². The van der Waals surface area contributed by atoms with Crippen LogP contribution in [0.5, 0.6) is 0 Å². The maximum Gasteiger partial charge on any atom is 0.224 e. The Labute approximate surface area is 123 Å². The molecule has 2 N–H and O–H groups in total. The van der Waals surface area contributed by atoms with E-state index in [1.54, 1.807) is 4.90 Å². The van der Waals surface area contributed by atoms with E-state index in [4.69, 9.17) is 0 Å². The lowest BCUT2D eigenvalue weighted by atomic mass is 9.96. The number of H-pyrrole nitrogens is 1. The van der Waals surface area contributed by atoms with Crippen LogP contribution < -0.4 is 5.32 Å². The zero-order valence-electron chi connectivity index (χ0n) is 12.3. The number of tetrazole rings is 1. The first-order chi connectivity index (χ1) is 10.2. The highest BCUT2D eigenvalue weighted by atomic mass is 16.2. The third kappa shape index (κ3) is 4.51. The third-order valence-corrected chi connectivity index (χ3v) is 3.63. The Morgan fingerprint density at radius 1 is 1.52 bits per heavy atom. The third-order valence-electron chi connectivity index (χ3n) is 3.63. The van der Waals surface area contributed by atoms with Gasteiger partial charge < -0.3 is 10.2 Å². The quantitative estimate of drug-likeness (QED) is 0.683. The lowest BCUT2D eigenvalue weighted by Gasteiger charge is -2.31. The van der Waals surface area contributed by atoms with Crippen LogP contribution in [0.4, 0.5) is 0 Å². The topological polar surface area (TPSA) is 104 Å². The fourth-order valence-electron chi connectivity index (χ4n) is 2.51. The number of hydrogen-bond donors (Lipinski definition) is 2. The van der Waals surface area contributed by atoms with E-state index in [0.29, 0.717) is 38.2 Å². The molecule has 0 aliphatic carbocycles. The molecule has 1 unspecified atom stereocenters. The second kappa shape index (κ2) is 7.70. The highest BCUT2D eigenvalue weighted by molar-refractivity contribution is 5.83. The fraction of sp³-hybridized carbons (Fsp3) is 0.769. The molecule has 8 nitrogen and oxygen atoms in total. The molecule has 1 aliphatic rings. The molecule has 1 atom stereocenters. The molecule has 1 fully saturated rings. The van der Waals surface area contributed by atoms with Crippen LogP contribution >= 0.6 is 0 Å². The summed E-state index contributed by atoms with van der Waals surface area (Å²) in [5.74, 6) is 0.774. The van der Waals surface area contributed by atoms with Gasteiger partial charge in [0.25, 0.3) is 0 Å². The van der Waals surface area contributed by atoms with Crippen molar-refractivity contribution < 1.29 is 9.59 Å². The zero-order valence-corrected chi connectivity index (χ0v) is 12.3. The first-order valence-electron chi connectivity index (χ1n) is 7.48. The monoisotopic (exact) mass is 294 g/mol. The van der Waals surface area contributed by atoms with Crippen LogP contribution in [0.25, 0.3) is 0 Å². The van der Waals surface area contributed by atoms with Crippen molar-refractivity contribution in [2.75, 3.05) is 19.6 Å². The minimum absolute atomic E-state index is 0.0386. The number of aromatic nitrogens is 4. The molecule has 116 valence electrons. The lowest BCUT2D eigenvalue weighted by molar-refractivity contribution is -0.138. The van der Waals surface area contributed by atoms with Crippen LogP contribution in [0, 0.1) is 5.92 Å². The summed E-state index contributed by atoms with van der Waals surface area (Å²) in [5.41, 5.74) is 0. The molecule has 8 heteroatoms. The first-order valence-corrected chi connectivity index (χ1v) is 7.48. The zero-order chi connectivity index (χ0) is 15.1. The minimum atomic E-state index is -0.0839. The van der Waals surface area contributed by atoms with E-state index in [1.165, 1.54) is 0 Å². The molecular formula is C13H22N6O2. The van der Waals surface area contributed by atoms with Crippen LogP contribution in [0.1, 0.15) is 38.4 Å². The summed E-state index contributed by atoms with van der Waals surface area (Å²) >= 11 is 0. The molecule has 0 bridgehead atoms. The normalized spacial score (nSPS) is 18.8. The van der Waals surface area contributed by atoms with Gasteiger partial charge in [-0.2, -0.15) is 5.21 Å². The van der Waals surface area contributed by atoms with E-state index in [2.05, 4.69) is 25.9 Å². The van der Waals surface area contributed by atoms with Crippen molar-refractivity contribution in [3.8, 4) is 0 Å². The van der Waals surface area contributed by atoms with Gasteiger partial charge in [-0.15, -0.1) is 10.2 Å². The molecule has 1 aliphatic heterocycles. The van der Waals surface area contributed by atoms with Crippen molar-refractivity contribution >= 4 is 11.8 Å². The molecule has 0 radical (unpaired) electrons. The summed E-state index contributed by atoms with van der Waals surface area (Å²) in [4.78, 5) is 25.6. The number of nitrogens with zero attached hydrogens (tertiary/aromatic N) is 4. The summed E-state index contributed by atoms with van der Waals surface area (Å²) in [6.45, 7) is 3.91. The molecule has 2 heterocycles. The molecular weight excluding hydrogens is 272 g/mol. The number of hydrogen-bond acceptors (Lipinski definition) is 5. The van der Waals surface area contributed by atoms with Crippen molar-refractivity contribution in [2.45, 2.75) is 39.0 Å². The molecule has 0 spiro atoms. The Morgan fingerprint density at radius 3 is 3.10 bits per heavy atom. The largest absolute Gasteiger partial charge is 0.356 e. The molecule has 2 amide bonds. The van der Waals surface area contributed by atoms with Crippen LogP contribution in [-0.4, -0.2) is 57.0 Å². The number of carbonyl (C=O) groups excluding carboxylic acids is 2. The average Bonchev–Trinajstić information content (AvgIpc) is 2.99. The predicted octanol–water partition coefficient (Wildman–Crippen LogP) is -0.103. The molecule has 0 saturated carbocycles. The smallest absolute Gasteiger partial charge is 0.224 e. The highest BCUT2D eigenvalue weighted by Gasteiger charge is 2.29. The maximum absolute atomic E-state index is 12.1. The van der Waals surface area contributed by atoms with Crippen molar-refractivity contribution in [1.82, 2.24) is 30.8 Å². The van der Waals surface area contributed by atoms with E-state index < -0.39 is 0 Å².